The molecule has 2 fully saturated rings. The zero-order valence-electron chi connectivity index (χ0n) is 8.51. The smallest absolute Gasteiger partial charge is 0.117 e. The van der Waals surface area contributed by atoms with Crippen LogP contribution in [0.15, 0.2) is 0 Å². The van der Waals surface area contributed by atoms with E-state index >= 15 is 0 Å². The first-order valence-electron chi connectivity index (χ1n) is 5.22. The Hall–Kier alpha value is 0.270. The van der Waals surface area contributed by atoms with Gasteiger partial charge in [-0.15, -0.1) is 0 Å². The van der Waals surface area contributed by atoms with E-state index in [0.717, 1.165) is 11.8 Å². The molecular weight excluding hydrogens is 182 g/mol. The Kier molecular flexibility index (Phi) is 2.86. The lowest BCUT2D eigenvalue weighted by Gasteiger charge is -2.27. The van der Waals surface area contributed by atoms with Gasteiger partial charge in [0.05, 0.1) is 6.10 Å². The standard InChI is InChI=1S/C10H19NOS/c1-8-7-11-10(2,12-8)6-9-4-3-5-13-9/h8-9,11H,3-7H2,1-2H3. The molecular formula is C10H19NOS. The van der Waals surface area contributed by atoms with Crippen LogP contribution >= 0.6 is 11.8 Å². The van der Waals surface area contributed by atoms with Gasteiger partial charge in [0, 0.05) is 18.2 Å². The van der Waals surface area contributed by atoms with Crippen molar-refractivity contribution in [1.29, 1.82) is 0 Å². The summed E-state index contributed by atoms with van der Waals surface area (Å²) in [5, 5.41) is 4.30. The second-order valence-corrected chi connectivity index (χ2v) is 5.79. The molecule has 3 unspecified atom stereocenters. The molecule has 13 heavy (non-hydrogen) atoms. The number of rotatable bonds is 2. The Labute approximate surface area is 84.8 Å². The summed E-state index contributed by atoms with van der Waals surface area (Å²) in [5.74, 6) is 1.34. The van der Waals surface area contributed by atoms with Gasteiger partial charge in [-0.05, 0) is 32.4 Å². The van der Waals surface area contributed by atoms with E-state index in [2.05, 4.69) is 30.9 Å². The average molecular weight is 201 g/mol. The van der Waals surface area contributed by atoms with Gasteiger partial charge >= 0.3 is 0 Å². The van der Waals surface area contributed by atoms with E-state index in [0.29, 0.717) is 6.10 Å². The molecule has 2 aliphatic heterocycles. The summed E-state index contributed by atoms with van der Waals surface area (Å²) in [6.07, 6.45) is 4.32. The Balaban J connectivity index is 1.85. The highest BCUT2D eigenvalue weighted by Crippen LogP contribution is 2.34. The van der Waals surface area contributed by atoms with E-state index < -0.39 is 0 Å². The van der Waals surface area contributed by atoms with Crippen LogP contribution in [-0.2, 0) is 4.74 Å². The van der Waals surface area contributed by atoms with Gasteiger partial charge in [-0.2, -0.15) is 11.8 Å². The zero-order valence-corrected chi connectivity index (χ0v) is 9.32. The highest BCUT2D eigenvalue weighted by molar-refractivity contribution is 8.00. The zero-order chi connectivity index (χ0) is 9.31. The molecule has 3 heteroatoms. The van der Waals surface area contributed by atoms with E-state index in [1.807, 2.05) is 0 Å². The van der Waals surface area contributed by atoms with Crippen LogP contribution in [0.25, 0.3) is 0 Å². The molecule has 2 nitrogen and oxygen atoms in total. The van der Waals surface area contributed by atoms with Crippen molar-refractivity contribution < 1.29 is 4.74 Å². The van der Waals surface area contributed by atoms with Crippen LogP contribution in [0.4, 0.5) is 0 Å². The fourth-order valence-electron chi connectivity index (χ4n) is 2.25. The van der Waals surface area contributed by atoms with Gasteiger partial charge in [-0.25, -0.2) is 0 Å². The molecule has 2 rings (SSSR count). The summed E-state index contributed by atoms with van der Waals surface area (Å²) in [6.45, 7) is 5.34. The van der Waals surface area contributed by atoms with E-state index in [4.69, 9.17) is 4.74 Å². The van der Waals surface area contributed by atoms with Crippen LogP contribution in [0.2, 0.25) is 0 Å². The molecule has 0 bridgehead atoms. The summed E-state index contributed by atoms with van der Waals surface area (Å²) >= 11 is 2.11. The number of nitrogens with one attached hydrogen (secondary N) is 1. The third-order valence-corrected chi connectivity index (χ3v) is 4.26. The summed E-state index contributed by atoms with van der Waals surface area (Å²) in [4.78, 5) is 0. The molecule has 0 spiro atoms. The van der Waals surface area contributed by atoms with Crippen molar-refractivity contribution in [2.45, 2.75) is 50.2 Å². The summed E-state index contributed by atoms with van der Waals surface area (Å²) in [5.41, 5.74) is -0.0403. The van der Waals surface area contributed by atoms with E-state index in [-0.39, 0.29) is 5.72 Å². The van der Waals surface area contributed by atoms with Crippen molar-refractivity contribution in [3.8, 4) is 0 Å². The first-order chi connectivity index (χ1) is 6.18. The monoisotopic (exact) mass is 201 g/mol. The lowest BCUT2D eigenvalue weighted by Crippen LogP contribution is -2.39. The minimum absolute atomic E-state index is 0.0403. The van der Waals surface area contributed by atoms with Gasteiger partial charge in [0.2, 0.25) is 0 Å². The molecule has 0 aromatic heterocycles. The molecule has 0 saturated carbocycles. The summed E-state index contributed by atoms with van der Waals surface area (Å²) in [7, 11) is 0. The molecule has 0 aliphatic carbocycles. The third-order valence-electron chi connectivity index (χ3n) is 2.87. The molecule has 2 heterocycles. The number of ether oxygens (including phenoxy) is 1. The van der Waals surface area contributed by atoms with E-state index in [9.17, 15) is 0 Å². The third kappa shape index (κ3) is 2.39. The van der Waals surface area contributed by atoms with Crippen molar-refractivity contribution in [2.24, 2.45) is 0 Å². The normalized spacial score (nSPS) is 45.7. The fourth-order valence-corrected chi connectivity index (χ4v) is 3.68. The van der Waals surface area contributed by atoms with Crippen LogP contribution in [-0.4, -0.2) is 29.4 Å². The van der Waals surface area contributed by atoms with Crippen LogP contribution in [0.5, 0.6) is 0 Å². The summed E-state index contributed by atoms with van der Waals surface area (Å²) in [6, 6.07) is 0. The number of hydrogen-bond acceptors (Lipinski definition) is 3. The highest BCUT2D eigenvalue weighted by Gasteiger charge is 2.36. The molecule has 0 radical (unpaired) electrons. The fraction of sp³-hybridized carbons (Fsp3) is 1.00. The van der Waals surface area contributed by atoms with Crippen LogP contribution in [0, 0.1) is 0 Å². The Morgan fingerprint density at radius 2 is 2.46 bits per heavy atom. The molecule has 2 saturated heterocycles. The lowest BCUT2D eigenvalue weighted by atomic mass is 10.1. The summed E-state index contributed by atoms with van der Waals surface area (Å²) < 4.78 is 5.89. The molecule has 0 aromatic rings. The van der Waals surface area contributed by atoms with Crippen molar-refractivity contribution in [3.05, 3.63) is 0 Å². The van der Waals surface area contributed by atoms with Gasteiger partial charge in [0.1, 0.15) is 5.72 Å². The van der Waals surface area contributed by atoms with Gasteiger partial charge in [-0.3, -0.25) is 5.32 Å². The minimum atomic E-state index is -0.0403. The second kappa shape index (κ2) is 3.79. The molecule has 3 atom stereocenters. The van der Waals surface area contributed by atoms with Gasteiger partial charge < -0.3 is 4.74 Å². The Morgan fingerprint density at radius 1 is 1.62 bits per heavy atom. The maximum atomic E-state index is 5.89. The predicted molar refractivity (Wildman–Crippen MR) is 57.1 cm³/mol. The average Bonchev–Trinajstić information content (AvgIpc) is 2.62. The van der Waals surface area contributed by atoms with E-state index in [1.165, 1.54) is 25.0 Å². The van der Waals surface area contributed by atoms with Crippen molar-refractivity contribution >= 4 is 11.8 Å². The quantitative estimate of drug-likeness (QED) is 0.738. The SMILES string of the molecule is CC1CNC(C)(CC2CCCS2)O1. The van der Waals surface area contributed by atoms with Gasteiger partial charge in [0.15, 0.2) is 0 Å². The molecule has 0 amide bonds. The molecule has 0 aromatic carbocycles. The Bertz CT molecular complexity index is 182. The van der Waals surface area contributed by atoms with Crippen LogP contribution in [0.1, 0.15) is 33.1 Å². The molecule has 76 valence electrons. The lowest BCUT2D eigenvalue weighted by molar-refractivity contribution is -0.0355. The number of hydrogen-bond donors (Lipinski definition) is 1. The first-order valence-corrected chi connectivity index (χ1v) is 6.27. The van der Waals surface area contributed by atoms with Crippen molar-refractivity contribution in [3.63, 3.8) is 0 Å². The van der Waals surface area contributed by atoms with Crippen molar-refractivity contribution in [2.75, 3.05) is 12.3 Å². The van der Waals surface area contributed by atoms with E-state index in [1.54, 1.807) is 0 Å². The number of thioether (sulfide) groups is 1. The van der Waals surface area contributed by atoms with Crippen LogP contribution < -0.4 is 5.32 Å². The topological polar surface area (TPSA) is 21.3 Å². The molecule has 2 aliphatic rings. The van der Waals surface area contributed by atoms with Gasteiger partial charge in [0.25, 0.3) is 0 Å². The maximum absolute atomic E-state index is 5.89. The largest absolute Gasteiger partial charge is 0.357 e. The van der Waals surface area contributed by atoms with Gasteiger partial charge in [-0.1, -0.05) is 0 Å². The second-order valence-electron chi connectivity index (χ2n) is 4.38. The minimum Gasteiger partial charge on any atom is -0.357 e. The van der Waals surface area contributed by atoms with Crippen molar-refractivity contribution in [1.82, 2.24) is 5.32 Å². The highest BCUT2D eigenvalue weighted by atomic mass is 32.2. The molecule has 1 N–H and O–H groups in total. The maximum Gasteiger partial charge on any atom is 0.117 e. The predicted octanol–water partition coefficient (Wildman–Crippen LogP) is 2.00. The first kappa shape index (κ1) is 9.81. The Morgan fingerprint density at radius 3 is 3.00 bits per heavy atom. The van der Waals surface area contributed by atoms with Crippen LogP contribution in [0.3, 0.4) is 0 Å².